The maximum absolute atomic E-state index is 12.9. The molecule has 0 radical (unpaired) electrons. The van der Waals surface area contributed by atoms with Crippen molar-refractivity contribution in [3.8, 4) is 0 Å². The average molecular weight is 464 g/mol. The van der Waals surface area contributed by atoms with Crippen LogP contribution in [-0.4, -0.2) is 89.5 Å². The third kappa shape index (κ3) is 6.67. The van der Waals surface area contributed by atoms with E-state index in [2.05, 4.69) is 23.9 Å². The number of nitrogens with two attached hydrogens (primary N) is 1. The zero-order chi connectivity index (χ0) is 23.3. The molecule has 0 aromatic heterocycles. The van der Waals surface area contributed by atoms with Crippen LogP contribution in [0.2, 0.25) is 5.02 Å². The Bertz CT molecular complexity index is 756. The van der Waals surface area contributed by atoms with E-state index in [1.54, 1.807) is 6.92 Å². The summed E-state index contributed by atoms with van der Waals surface area (Å²) in [5.41, 5.74) is 7.27. The van der Waals surface area contributed by atoms with E-state index >= 15 is 0 Å². The molecule has 1 unspecified atom stereocenters. The second kappa shape index (κ2) is 11.5. The molecular formula is C24H38ClN5O2. The van der Waals surface area contributed by atoms with E-state index in [9.17, 15) is 9.59 Å². The van der Waals surface area contributed by atoms with Gasteiger partial charge in [0.25, 0.3) is 0 Å². The molecule has 8 heteroatoms. The zero-order valence-corrected chi connectivity index (χ0v) is 20.4. The van der Waals surface area contributed by atoms with Gasteiger partial charge in [0.05, 0.1) is 6.04 Å². The Kier molecular flexibility index (Phi) is 8.94. The topological polar surface area (TPSA) is 73.1 Å². The number of piperidine rings is 1. The Morgan fingerprint density at radius 2 is 1.62 bits per heavy atom. The molecule has 32 heavy (non-hydrogen) atoms. The second-order valence-corrected chi connectivity index (χ2v) is 9.91. The summed E-state index contributed by atoms with van der Waals surface area (Å²) < 4.78 is 0. The number of carbonyl (C=O) groups is 2. The molecule has 0 aliphatic carbocycles. The summed E-state index contributed by atoms with van der Waals surface area (Å²) in [6, 6.07) is 7.42. The van der Waals surface area contributed by atoms with Gasteiger partial charge in [-0.25, -0.2) is 10.0 Å². The van der Waals surface area contributed by atoms with Crippen LogP contribution in [0.4, 0.5) is 0 Å². The fraction of sp³-hybridized carbons (Fsp3) is 0.667. The van der Waals surface area contributed by atoms with Crippen LogP contribution in [0.1, 0.15) is 39.2 Å². The van der Waals surface area contributed by atoms with Crippen molar-refractivity contribution < 1.29 is 9.59 Å². The molecule has 2 aliphatic heterocycles. The summed E-state index contributed by atoms with van der Waals surface area (Å²) in [5.74, 6) is 0.735. The maximum atomic E-state index is 12.9. The van der Waals surface area contributed by atoms with Crippen molar-refractivity contribution in [1.29, 1.82) is 0 Å². The number of halogens is 1. The van der Waals surface area contributed by atoms with Crippen molar-refractivity contribution >= 4 is 23.4 Å². The normalized spacial score (nSPS) is 19.6. The van der Waals surface area contributed by atoms with Gasteiger partial charge in [-0.05, 0) is 42.9 Å². The molecule has 2 aliphatic rings. The largest absolute Gasteiger partial charge is 0.343 e. The lowest BCUT2D eigenvalue weighted by molar-refractivity contribution is -0.143. The molecule has 0 spiro atoms. The van der Waals surface area contributed by atoms with Crippen LogP contribution in [-0.2, 0) is 16.0 Å². The first-order valence-electron chi connectivity index (χ1n) is 11.8. The minimum atomic E-state index is -0.537. The summed E-state index contributed by atoms with van der Waals surface area (Å²) in [7, 11) is 0. The van der Waals surface area contributed by atoms with Gasteiger partial charge < -0.3 is 15.5 Å². The third-order valence-electron chi connectivity index (χ3n) is 6.50. The van der Waals surface area contributed by atoms with Gasteiger partial charge in [0.15, 0.2) is 0 Å². The van der Waals surface area contributed by atoms with Crippen LogP contribution >= 0.6 is 11.6 Å². The molecule has 1 aromatic carbocycles. The third-order valence-corrected chi connectivity index (χ3v) is 6.75. The van der Waals surface area contributed by atoms with Gasteiger partial charge in [0.2, 0.25) is 11.8 Å². The Morgan fingerprint density at radius 1 is 1.03 bits per heavy atom. The lowest BCUT2D eigenvalue weighted by Gasteiger charge is -2.47. The van der Waals surface area contributed by atoms with Gasteiger partial charge in [-0.1, -0.05) is 37.6 Å². The number of hydrazine groups is 1. The molecule has 1 atom stereocenters. The molecule has 3 rings (SSSR count). The van der Waals surface area contributed by atoms with Crippen LogP contribution in [0.15, 0.2) is 24.3 Å². The Labute approximate surface area is 197 Å². The lowest BCUT2D eigenvalue weighted by atomic mass is 10.0. The molecule has 2 amide bonds. The van der Waals surface area contributed by atoms with Gasteiger partial charge in [-0.2, -0.15) is 0 Å². The number of amides is 2. The Morgan fingerprint density at radius 3 is 2.16 bits per heavy atom. The lowest BCUT2D eigenvalue weighted by Crippen LogP contribution is -2.61. The molecule has 2 saturated heterocycles. The highest BCUT2D eigenvalue weighted by Crippen LogP contribution is 2.22. The molecule has 1 aromatic rings. The number of benzene rings is 1. The van der Waals surface area contributed by atoms with E-state index in [0.29, 0.717) is 36.5 Å². The smallest absolute Gasteiger partial charge is 0.239 e. The quantitative estimate of drug-likeness (QED) is 0.671. The SMILES string of the molecule is CC(=O)N1CCC(N(CC(C)C)N2CCN(C(=O)C(N)Cc3ccc(Cl)cc3)CC2)CC1. The summed E-state index contributed by atoms with van der Waals surface area (Å²) in [6.07, 6.45) is 2.51. The van der Waals surface area contributed by atoms with Gasteiger partial charge in [0.1, 0.15) is 0 Å². The minimum absolute atomic E-state index is 0.0183. The first-order chi connectivity index (χ1) is 15.2. The predicted octanol–water partition coefficient (Wildman–Crippen LogP) is 2.24. The van der Waals surface area contributed by atoms with Crippen LogP contribution in [0.5, 0.6) is 0 Å². The van der Waals surface area contributed by atoms with E-state index < -0.39 is 6.04 Å². The molecule has 2 N–H and O–H groups in total. The van der Waals surface area contributed by atoms with Crippen LogP contribution in [0, 0.1) is 5.92 Å². The van der Waals surface area contributed by atoms with E-state index in [1.165, 1.54) is 0 Å². The molecule has 0 bridgehead atoms. The maximum Gasteiger partial charge on any atom is 0.239 e. The van der Waals surface area contributed by atoms with Gasteiger partial charge >= 0.3 is 0 Å². The second-order valence-electron chi connectivity index (χ2n) is 9.47. The van der Waals surface area contributed by atoms with Crippen LogP contribution in [0.3, 0.4) is 0 Å². The predicted molar refractivity (Wildman–Crippen MR) is 128 cm³/mol. The average Bonchev–Trinajstić information content (AvgIpc) is 2.78. The monoisotopic (exact) mass is 463 g/mol. The van der Waals surface area contributed by atoms with E-state index in [0.717, 1.165) is 51.1 Å². The minimum Gasteiger partial charge on any atom is -0.343 e. The highest BCUT2D eigenvalue weighted by Gasteiger charge is 2.33. The van der Waals surface area contributed by atoms with Gasteiger partial charge in [-0.3, -0.25) is 9.59 Å². The number of carbonyl (C=O) groups excluding carboxylic acids is 2. The Balaban J connectivity index is 1.54. The van der Waals surface area contributed by atoms with E-state index in [-0.39, 0.29) is 11.8 Å². The van der Waals surface area contributed by atoms with Crippen molar-refractivity contribution in [3.05, 3.63) is 34.9 Å². The standard InChI is InChI=1S/C24H38ClN5O2/c1-18(2)17-30(22-8-10-27(11-9-22)19(3)31)29-14-12-28(13-15-29)24(32)23(26)16-20-4-6-21(25)7-5-20/h4-7,18,22-23H,8-17,26H2,1-3H3. The number of likely N-dealkylation sites (tertiary alicyclic amines) is 1. The Hall–Kier alpha value is -1.67. The number of nitrogens with zero attached hydrogens (tertiary/aromatic N) is 4. The molecule has 2 heterocycles. The number of hydrogen-bond donors (Lipinski definition) is 1. The molecule has 178 valence electrons. The molecule has 7 nitrogen and oxygen atoms in total. The summed E-state index contributed by atoms with van der Waals surface area (Å²) in [4.78, 5) is 28.5. The first kappa shape index (κ1) is 25.0. The van der Waals surface area contributed by atoms with Gasteiger partial charge in [-0.15, -0.1) is 0 Å². The molecule has 2 fully saturated rings. The van der Waals surface area contributed by atoms with Crippen LogP contribution in [0.25, 0.3) is 0 Å². The summed E-state index contributed by atoms with van der Waals surface area (Å²) in [6.45, 7) is 11.8. The van der Waals surface area contributed by atoms with Crippen LogP contribution < -0.4 is 5.73 Å². The van der Waals surface area contributed by atoms with Crippen molar-refractivity contribution in [2.24, 2.45) is 11.7 Å². The van der Waals surface area contributed by atoms with E-state index in [4.69, 9.17) is 17.3 Å². The molecule has 0 saturated carbocycles. The van der Waals surface area contributed by atoms with Crippen molar-refractivity contribution in [1.82, 2.24) is 19.8 Å². The van der Waals surface area contributed by atoms with Crippen molar-refractivity contribution in [3.63, 3.8) is 0 Å². The summed E-state index contributed by atoms with van der Waals surface area (Å²) in [5, 5.41) is 5.61. The number of rotatable bonds is 7. The zero-order valence-electron chi connectivity index (χ0n) is 19.7. The highest BCUT2D eigenvalue weighted by atomic mass is 35.5. The number of hydrogen-bond acceptors (Lipinski definition) is 5. The summed E-state index contributed by atoms with van der Waals surface area (Å²) >= 11 is 5.95. The van der Waals surface area contributed by atoms with Gasteiger partial charge in [0, 0.05) is 63.8 Å². The molecular weight excluding hydrogens is 426 g/mol. The van der Waals surface area contributed by atoms with Crippen molar-refractivity contribution in [2.45, 2.75) is 52.1 Å². The first-order valence-corrected chi connectivity index (χ1v) is 12.2. The number of piperazine rings is 1. The van der Waals surface area contributed by atoms with Crippen molar-refractivity contribution in [2.75, 3.05) is 45.8 Å². The van der Waals surface area contributed by atoms with E-state index in [1.807, 2.05) is 34.1 Å². The fourth-order valence-electron chi connectivity index (χ4n) is 4.72. The highest BCUT2D eigenvalue weighted by molar-refractivity contribution is 6.30. The fourth-order valence-corrected chi connectivity index (χ4v) is 4.84.